The summed E-state index contributed by atoms with van der Waals surface area (Å²) in [5.41, 5.74) is 1.35. The van der Waals surface area contributed by atoms with Gasteiger partial charge in [0.15, 0.2) is 0 Å². The summed E-state index contributed by atoms with van der Waals surface area (Å²) in [6.07, 6.45) is 8.21. The molecule has 5 heteroatoms. The molecule has 3 fully saturated rings. The molecule has 1 aromatic carbocycles. The molecule has 146 valence electrons. The molecule has 1 N–H and O–H groups in total. The highest BCUT2D eigenvalue weighted by Crippen LogP contribution is 2.41. The van der Waals surface area contributed by atoms with Crippen LogP contribution in [-0.2, 0) is 4.79 Å². The number of amides is 2. The highest BCUT2D eigenvalue weighted by molar-refractivity contribution is 5.97. The van der Waals surface area contributed by atoms with E-state index < -0.39 is 0 Å². The Morgan fingerprint density at radius 3 is 2.67 bits per heavy atom. The van der Waals surface area contributed by atoms with Gasteiger partial charge in [-0.2, -0.15) is 0 Å². The van der Waals surface area contributed by atoms with Gasteiger partial charge in [0.2, 0.25) is 5.91 Å². The first-order valence-electron chi connectivity index (χ1n) is 10.4. The summed E-state index contributed by atoms with van der Waals surface area (Å²) in [6.45, 7) is 4.11. The summed E-state index contributed by atoms with van der Waals surface area (Å²) in [5, 5.41) is 10.2. The molecule has 1 aliphatic carbocycles. The van der Waals surface area contributed by atoms with Crippen LogP contribution in [0.1, 0.15) is 67.3 Å². The number of aromatic hydroxyl groups is 1. The molecule has 3 aliphatic rings. The molecular formula is C22H30N2O3. The van der Waals surface area contributed by atoms with Gasteiger partial charge in [0, 0.05) is 37.5 Å². The maximum Gasteiger partial charge on any atom is 0.257 e. The number of hydrogen-bond acceptors (Lipinski definition) is 3. The van der Waals surface area contributed by atoms with Crippen molar-refractivity contribution in [3.05, 3.63) is 29.3 Å². The largest absolute Gasteiger partial charge is 0.507 e. The van der Waals surface area contributed by atoms with E-state index in [-0.39, 0.29) is 17.1 Å². The molecule has 0 aromatic heterocycles. The molecule has 0 bridgehead atoms. The fraction of sp³-hybridized carbons (Fsp3) is 0.636. The number of phenols is 1. The van der Waals surface area contributed by atoms with Crippen molar-refractivity contribution in [2.24, 2.45) is 5.41 Å². The van der Waals surface area contributed by atoms with Crippen LogP contribution in [0.3, 0.4) is 0 Å². The molecule has 1 saturated carbocycles. The molecule has 2 heterocycles. The Hall–Kier alpha value is -2.04. The van der Waals surface area contributed by atoms with Crippen molar-refractivity contribution in [3.8, 4) is 5.75 Å². The first kappa shape index (κ1) is 18.3. The van der Waals surface area contributed by atoms with Crippen molar-refractivity contribution in [3.63, 3.8) is 0 Å². The lowest BCUT2D eigenvalue weighted by molar-refractivity contribution is -0.142. The second-order valence-electron chi connectivity index (χ2n) is 8.81. The molecule has 1 spiro atoms. The van der Waals surface area contributed by atoms with Gasteiger partial charge in [-0.15, -0.1) is 0 Å². The van der Waals surface area contributed by atoms with Gasteiger partial charge in [-0.25, -0.2) is 0 Å². The normalized spacial score (nSPS) is 26.8. The van der Waals surface area contributed by atoms with Crippen molar-refractivity contribution < 1.29 is 14.7 Å². The Balaban J connectivity index is 1.51. The molecule has 1 aromatic rings. The molecule has 0 radical (unpaired) electrons. The van der Waals surface area contributed by atoms with Crippen LogP contribution in [-0.4, -0.2) is 52.4 Å². The van der Waals surface area contributed by atoms with Crippen LogP contribution in [0.15, 0.2) is 18.2 Å². The van der Waals surface area contributed by atoms with Crippen LogP contribution in [0.4, 0.5) is 0 Å². The van der Waals surface area contributed by atoms with Crippen LogP contribution >= 0.6 is 0 Å². The highest BCUT2D eigenvalue weighted by Gasteiger charge is 2.44. The molecule has 0 unspecified atom stereocenters. The smallest absolute Gasteiger partial charge is 0.257 e. The molecule has 2 amide bonds. The van der Waals surface area contributed by atoms with Crippen LogP contribution in [0.5, 0.6) is 5.75 Å². The number of hydrogen-bond donors (Lipinski definition) is 1. The second kappa shape index (κ2) is 7.17. The molecule has 5 nitrogen and oxygen atoms in total. The summed E-state index contributed by atoms with van der Waals surface area (Å²) < 4.78 is 0. The third-order valence-electron chi connectivity index (χ3n) is 6.79. The lowest BCUT2D eigenvalue weighted by Gasteiger charge is -2.49. The number of rotatable bonds is 2. The van der Waals surface area contributed by atoms with Crippen molar-refractivity contribution in [1.82, 2.24) is 9.80 Å². The Labute approximate surface area is 161 Å². The Morgan fingerprint density at radius 2 is 1.93 bits per heavy atom. The Morgan fingerprint density at radius 1 is 1.15 bits per heavy atom. The average molecular weight is 370 g/mol. The van der Waals surface area contributed by atoms with E-state index in [0.29, 0.717) is 30.5 Å². The first-order chi connectivity index (χ1) is 13.0. The lowest BCUT2D eigenvalue weighted by Crippen LogP contribution is -2.56. The number of nitrogens with zero attached hydrogens (tertiary/aromatic N) is 2. The fourth-order valence-corrected chi connectivity index (χ4v) is 5.30. The summed E-state index contributed by atoms with van der Waals surface area (Å²) in [5.74, 6) is 0.272. The van der Waals surface area contributed by atoms with Crippen molar-refractivity contribution >= 4 is 11.8 Å². The lowest BCUT2D eigenvalue weighted by atomic mass is 9.73. The summed E-state index contributed by atoms with van der Waals surface area (Å²) in [6, 6.07) is 5.65. The van der Waals surface area contributed by atoms with E-state index in [9.17, 15) is 14.7 Å². The maximum absolute atomic E-state index is 13.0. The molecule has 1 atom stereocenters. The number of carbonyl (C=O) groups is 2. The molecular weight excluding hydrogens is 340 g/mol. The van der Waals surface area contributed by atoms with Crippen molar-refractivity contribution in [2.75, 3.05) is 19.6 Å². The van der Waals surface area contributed by atoms with Crippen LogP contribution < -0.4 is 0 Å². The number of piperidine rings is 2. The van der Waals surface area contributed by atoms with Gasteiger partial charge in [-0.1, -0.05) is 18.9 Å². The second-order valence-corrected chi connectivity index (χ2v) is 8.81. The zero-order chi connectivity index (χ0) is 19.0. The van der Waals surface area contributed by atoms with Gasteiger partial charge in [-0.3, -0.25) is 9.59 Å². The van der Waals surface area contributed by atoms with Crippen LogP contribution in [0, 0.1) is 12.3 Å². The molecule has 4 rings (SSSR count). The van der Waals surface area contributed by atoms with E-state index in [1.807, 2.05) is 17.9 Å². The van der Waals surface area contributed by atoms with Crippen molar-refractivity contribution in [2.45, 2.75) is 64.3 Å². The third-order valence-corrected chi connectivity index (χ3v) is 6.79. The summed E-state index contributed by atoms with van der Waals surface area (Å²) in [7, 11) is 0. The van der Waals surface area contributed by atoms with Crippen LogP contribution in [0.2, 0.25) is 0 Å². The van der Waals surface area contributed by atoms with E-state index in [4.69, 9.17) is 0 Å². The minimum atomic E-state index is -0.0871. The standard InChI is InChI=1S/C22H30N2O3/c1-16-7-8-18(19(25)13-16)21(27)23-12-4-10-22(14-23)11-9-20(26)24(15-22)17-5-2-3-6-17/h7-8,13,17,25H,2-6,9-12,14-15H2,1H3/t22-/m0/s1. The Bertz CT molecular complexity index is 741. The van der Waals surface area contributed by atoms with E-state index in [1.54, 1.807) is 12.1 Å². The van der Waals surface area contributed by atoms with Gasteiger partial charge < -0.3 is 14.9 Å². The molecule has 27 heavy (non-hydrogen) atoms. The van der Waals surface area contributed by atoms with Gasteiger partial charge in [0.05, 0.1) is 5.56 Å². The van der Waals surface area contributed by atoms with Crippen molar-refractivity contribution in [1.29, 1.82) is 0 Å². The van der Waals surface area contributed by atoms with Gasteiger partial charge >= 0.3 is 0 Å². The minimum absolute atomic E-state index is 0.0186. The predicted octanol–water partition coefficient (Wildman–Crippen LogP) is 3.49. The van der Waals surface area contributed by atoms with Gasteiger partial charge in [0.25, 0.3) is 5.91 Å². The number of benzene rings is 1. The van der Waals surface area contributed by atoms with Gasteiger partial charge in [0.1, 0.15) is 5.75 Å². The van der Waals surface area contributed by atoms with E-state index in [1.165, 1.54) is 12.8 Å². The minimum Gasteiger partial charge on any atom is -0.507 e. The number of carbonyl (C=O) groups excluding carboxylic acids is 2. The van der Waals surface area contributed by atoms with Crippen LogP contribution in [0.25, 0.3) is 0 Å². The number of likely N-dealkylation sites (tertiary alicyclic amines) is 2. The molecule has 2 saturated heterocycles. The van der Waals surface area contributed by atoms with Gasteiger partial charge in [-0.05, 0) is 56.7 Å². The van der Waals surface area contributed by atoms with E-state index in [0.717, 1.165) is 50.8 Å². The monoisotopic (exact) mass is 370 g/mol. The SMILES string of the molecule is Cc1ccc(C(=O)N2CCC[C@]3(CCC(=O)N(C4CCCC4)C3)C2)c(O)c1. The number of aryl methyl sites for hydroxylation is 1. The molecule has 2 aliphatic heterocycles. The topological polar surface area (TPSA) is 60.9 Å². The fourth-order valence-electron chi connectivity index (χ4n) is 5.30. The third kappa shape index (κ3) is 3.56. The summed E-state index contributed by atoms with van der Waals surface area (Å²) in [4.78, 5) is 29.6. The number of phenolic OH excluding ortho intramolecular Hbond substituents is 1. The van der Waals surface area contributed by atoms with E-state index >= 15 is 0 Å². The quantitative estimate of drug-likeness (QED) is 0.867. The predicted molar refractivity (Wildman–Crippen MR) is 104 cm³/mol. The average Bonchev–Trinajstić information content (AvgIpc) is 3.18. The highest BCUT2D eigenvalue weighted by atomic mass is 16.3. The first-order valence-corrected chi connectivity index (χ1v) is 10.4. The summed E-state index contributed by atoms with van der Waals surface area (Å²) >= 11 is 0. The van der Waals surface area contributed by atoms with E-state index in [2.05, 4.69) is 4.90 Å². The maximum atomic E-state index is 13.0. The Kier molecular flexibility index (Phi) is 4.87. The zero-order valence-electron chi connectivity index (χ0n) is 16.2. The zero-order valence-corrected chi connectivity index (χ0v) is 16.2.